The number of hydrogen-bond donors (Lipinski definition) is 0. The fraction of sp³-hybridized carbons (Fsp3) is 0.467. The van der Waals surface area contributed by atoms with E-state index < -0.39 is 0 Å². The highest BCUT2D eigenvalue weighted by Gasteiger charge is 2.42. The fourth-order valence-corrected chi connectivity index (χ4v) is 8.51. The maximum absolute atomic E-state index is 2.59. The van der Waals surface area contributed by atoms with Crippen molar-refractivity contribution >= 4 is 17.1 Å². The molecule has 46 heavy (non-hydrogen) atoms. The lowest BCUT2D eigenvalue weighted by atomic mass is 9.71. The molecule has 0 aromatic heterocycles. The lowest BCUT2D eigenvalue weighted by Crippen LogP contribution is -2.25. The van der Waals surface area contributed by atoms with Gasteiger partial charge in [0, 0.05) is 22.5 Å². The molecule has 1 heteroatoms. The first-order valence-electron chi connectivity index (χ1n) is 18.3. The molecule has 6 rings (SSSR count). The summed E-state index contributed by atoms with van der Waals surface area (Å²) in [7, 11) is 0. The maximum atomic E-state index is 2.59. The van der Waals surface area contributed by atoms with Gasteiger partial charge in [-0.1, -0.05) is 136 Å². The largest absolute Gasteiger partial charge is 0.310 e. The van der Waals surface area contributed by atoms with Gasteiger partial charge in [-0.25, -0.2) is 0 Å². The van der Waals surface area contributed by atoms with Crippen molar-refractivity contribution in [3.63, 3.8) is 0 Å². The summed E-state index contributed by atoms with van der Waals surface area (Å²) in [5.74, 6) is 0.665. The summed E-state index contributed by atoms with van der Waals surface area (Å²) in [4.78, 5) is 2.59. The Morgan fingerprint density at radius 3 is 1.83 bits per heavy atom. The Bertz CT molecular complexity index is 1630. The molecule has 4 aromatic carbocycles. The van der Waals surface area contributed by atoms with Gasteiger partial charge in [0.2, 0.25) is 0 Å². The van der Waals surface area contributed by atoms with Crippen molar-refractivity contribution in [2.45, 2.75) is 135 Å². The van der Waals surface area contributed by atoms with E-state index in [4.69, 9.17) is 0 Å². The van der Waals surface area contributed by atoms with Crippen molar-refractivity contribution < 1.29 is 0 Å². The number of fused-ring (bicyclic) bond motifs is 3. The van der Waals surface area contributed by atoms with Gasteiger partial charge in [-0.15, -0.1) is 0 Å². The predicted octanol–water partition coefficient (Wildman–Crippen LogP) is 13.7. The SMILES string of the molecule is CCCC1(CCC)c2ccccc2-c2ccc(N(c3cccc(C4CCCCC4)c3)c3cc(C(C)(C)C)cc(C(C)(C)C)c3)cc21. The Labute approximate surface area is 280 Å². The molecule has 2 aliphatic carbocycles. The van der Waals surface area contributed by atoms with E-state index in [0.29, 0.717) is 5.92 Å². The fourth-order valence-electron chi connectivity index (χ4n) is 8.51. The van der Waals surface area contributed by atoms with Crippen molar-refractivity contribution in [1.82, 2.24) is 0 Å². The second-order valence-electron chi connectivity index (χ2n) is 16.4. The minimum Gasteiger partial charge on any atom is -0.310 e. The van der Waals surface area contributed by atoms with Crippen LogP contribution < -0.4 is 4.90 Å². The molecule has 4 aromatic rings. The lowest BCUT2D eigenvalue weighted by molar-refractivity contribution is 0.436. The zero-order valence-corrected chi connectivity index (χ0v) is 30.0. The van der Waals surface area contributed by atoms with E-state index in [1.807, 2.05) is 0 Å². The molecule has 0 atom stereocenters. The highest BCUT2D eigenvalue weighted by molar-refractivity contribution is 5.86. The smallest absolute Gasteiger partial charge is 0.0467 e. The second kappa shape index (κ2) is 12.7. The Hall–Kier alpha value is -3.32. The molecule has 0 aliphatic heterocycles. The highest BCUT2D eigenvalue weighted by Crippen LogP contribution is 2.55. The van der Waals surface area contributed by atoms with Crippen LogP contribution in [0.3, 0.4) is 0 Å². The van der Waals surface area contributed by atoms with Crippen molar-refractivity contribution in [2.75, 3.05) is 4.90 Å². The van der Waals surface area contributed by atoms with Crippen molar-refractivity contribution in [3.05, 3.63) is 113 Å². The summed E-state index contributed by atoms with van der Waals surface area (Å²) in [6.45, 7) is 18.8. The minimum atomic E-state index is 0.0443. The zero-order valence-electron chi connectivity index (χ0n) is 30.0. The molecule has 1 nitrogen and oxygen atoms in total. The molecule has 2 aliphatic rings. The molecule has 0 radical (unpaired) electrons. The zero-order chi connectivity index (χ0) is 32.7. The number of anilines is 3. The summed E-state index contributed by atoms with van der Waals surface area (Å²) >= 11 is 0. The third-order valence-corrected chi connectivity index (χ3v) is 11.0. The lowest BCUT2D eigenvalue weighted by Gasteiger charge is -2.34. The minimum absolute atomic E-state index is 0.0443. The number of nitrogens with zero attached hydrogens (tertiary/aromatic N) is 1. The average Bonchev–Trinajstić information content (AvgIpc) is 3.30. The second-order valence-corrected chi connectivity index (χ2v) is 16.4. The van der Waals surface area contributed by atoms with Crippen LogP contribution in [0.2, 0.25) is 0 Å². The van der Waals surface area contributed by atoms with E-state index in [0.717, 1.165) is 0 Å². The standard InChI is InChI=1S/C45H57N/c1-9-25-45(26-10-2)41-22-15-14-21-39(41)40-24-23-37(31-42(40)45)46(36-20-16-19-33(27-36)32-17-12-11-13-18-32)38-29-34(43(3,4)5)28-35(30-38)44(6,7)8/h14-16,19-24,27-32H,9-13,17-18,25-26H2,1-8H3. The first-order chi connectivity index (χ1) is 22.0. The molecule has 0 N–H and O–H groups in total. The van der Waals surface area contributed by atoms with Gasteiger partial charge in [-0.3, -0.25) is 0 Å². The van der Waals surface area contributed by atoms with Crippen LogP contribution in [0.5, 0.6) is 0 Å². The van der Waals surface area contributed by atoms with Crippen molar-refractivity contribution in [2.24, 2.45) is 0 Å². The quantitative estimate of drug-likeness (QED) is 0.192. The first kappa shape index (κ1) is 32.6. The third kappa shape index (κ3) is 6.08. The van der Waals surface area contributed by atoms with E-state index in [-0.39, 0.29) is 16.2 Å². The summed E-state index contributed by atoms with van der Waals surface area (Å²) in [6.07, 6.45) is 11.4. The van der Waals surface area contributed by atoms with Crippen LogP contribution in [0.4, 0.5) is 17.1 Å². The van der Waals surface area contributed by atoms with E-state index in [1.165, 1.54) is 114 Å². The van der Waals surface area contributed by atoms with Gasteiger partial charge in [0.1, 0.15) is 0 Å². The molecule has 0 unspecified atom stereocenters. The van der Waals surface area contributed by atoms with Crippen molar-refractivity contribution in [3.8, 4) is 11.1 Å². The van der Waals surface area contributed by atoms with E-state index in [1.54, 1.807) is 0 Å². The van der Waals surface area contributed by atoms with Crippen LogP contribution in [0.15, 0.2) is 84.9 Å². The van der Waals surface area contributed by atoms with Crippen LogP contribution in [0, 0.1) is 0 Å². The van der Waals surface area contributed by atoms with Gasteiger partial charge >= 0.3 is 0 Å². The van der Waals surface area contributed by atoms with Crippen molar-refractivity contribution in [1.29, 1.82) is 0 Å². The van der Waals surface area contributed by atoms with Crippen LogP contribution in [0.25, 0.3) is 11.1 Å². The molecule has 1 fully saturated rings. The summed E-state index contributed by atoms with van der Waals surface area (Å²) in [6, 6.07) is 33.6. The molecule has 0 amide bonds. The van der Waals surface area contributed by atoms with Crippen LogP contribution in [0.1, 0.15) is 147 Å². The number of benzene rings is 4. The summed E-state index contributed by atoms with van der Waals surface area (Å²) in [5, 5.41) is 0. The molecular weight excluding hydrogens is 555 g/mol. The highest BCUT2D eigenvalue weighted by atomic mass is 15.1. The van der Waals surface area contributed by atoms with Gasteiger partial charge in [-0.2, -0.15) is 0 Å². The molecule has 0 saturated heterocycles. The molecule has 1 saturated carbocycles. The molecule has 0 bridgehead atoms. The molecule has 0 spiro atoms. The predicted molar refractivity (Wildman–Crippen MR) is 200 cm³/mol. The number of hydrogen-bond acceptors (Lipinski definition) is 1. The summed E-state index contributed by atoms with van der Waals surface area (Å²) < 4.78 is 0. The molecule has 242 valence electrons. The normalized spacial score (nSPS) is 16.3. The van der Waals surface area contributed by atoms with Gasteiger partial charge in [-0.05, 0) is 118 Å². The van der Waals surface area contributed by atoms with E-state index in [2.05, 4.69) is 145 Å². The monoisotopic (exact) mass is 611 g/mol. The van der Waals surface area contributed by atoms with Gasteiger partial charge in [0.15, 0.2) is 0 Å². The first-order valence-corrected chi connectivity index (χ1v) is 18.3. The Morgan fingerprint density at radius 2 is 1.20 bits per heavy atom. The van der Waals surface area contributed by atoms with E-state index >= 15 is 0 Å². The van der Waals surface area contributed by atoms with Gasteiger partial charge in [0.05, 0.1) is 0 Å². The molecular formula is C45H57N. The third-order valence-electron chi connectivity index (χ3n) is 11.0. The number of rotatable bonds is 8. The van der Waals surface area contributed by atoms with E-state index in [9.17, 15) is 0 Å². The Kier molecular flexibility index (Phi) is 9.01. The maximum Gasteiger partial charge on any atom is 0.0467 e. The summed E-state index contributed by atoms with van der Waals surface area (Å²) in [5.41, 5.74) is 14.2. The van der Waals surface area contributed by atoms with Crippen LogP contribution in [-0.4, -0.2) is 0 Å². The van der Waals surface area contributed by atoms with Crippen LogP contribution >= 0.6 is 0 Å². The topological polar surface area (TPSA) is 3.24 Å². The van der Waals surface area contributed by atoms with Gasteiger partial charge < -0.3 is 4.90 Å². The molecule has 0 heterocycles. The Balaban J connectivity index is 1.60. The average molecular weight is 612 g/mol. The van der Waals surface area contributed by atoms with Crippen LogP contribution in [-0.2, 0) is 16.2 Å². The Morgan fingerprint density at radius 1 is 0.587 bits per heavy atom. The van der Waals surface area contributed by atoms with Gasteiger partial charge in [0.25, 0.3) is 0 Å².